The summed E-state index contributed by atoms with van der Waals surface area (Å²) in [6.07, 6.45) is 2.54. The Morgan fingerprint density at radius 2 is 2.00 bits per heavy atom. The number of urea groups is 1. The van der Waals surface area contributed by atoms with E-state index in [0.29, 0.717) is 30.3 Å². The van der Waals surface area contributed by atoms with Crippen molar-refractivity contribution in [3.05, 3.63) is 23.8 Å². The molecule has 3 rings (SSSR count). The van der Waals surface area contributed by atoms with Crippen LogP contribution in [0.3, 0.4) is 0 Å². The largest absolute Gasteiger partial charge is 0.495 e. The maximum absolute atomic E-state index is 12.0. The first-order valence-electron chi connectivity index (χ1n) is 7.69. The Balaban J connectivity index is 1.85. The molecule has 3 amide bonds. The molecule has 22 heavy (non-hydrogen) atoms. The summed E-state index contributed by atoms with van der Waals surface area (Å²) in [6.45, 7) is 2.45. The van der Waals surface area contributed by atoms with E-state index in [2.05, 4.69) is 16.7 Å². The Labute approximate surface area is 129 Å². The second-order valence-corrected chi connectivity index (χ2v) is 5.71. The summed E-state index contributed by atoms with van der Waals surface area (Å²) in [5.41, 5.74) is 1.96. The van der Waals surface area contributed by atoms with Crippen molar-refractivity contribution < 1.29 is 14.3 Å². The molecule has 0 spiro atoms. The number of ether oxygens (including phenoxy) is 1. The number of benzene rings is 1. The predicted octanol–water partition coefficient (Wildman–Crippen LogP) is 1.61. The van der Waals surface area contributed by atoms with Gasteiger partial charge in [0.25, 0.3) is 0 Å². The Hall–Kier alpha value is -2.08. The summed E-state index contributed by atoms with van der Waals surface area (Å²) >= 11 is 0. The molecule has 2 heterocycles. The maximum atomic E-state index is 12.0. The fraction of sp³-hybridized carbons (Fsp3) is 0.500. The first-order chi connectivity index (χ1) is 10.7. The smallest absolute Gasteiger partial charge is 0.328 e. The highest BCUT2D eigenvalue weighted by Gasteiger charge is 2.27. The van der Waals surface area contributed by atoms with Crippen molar-refractivity contribution in [1.82, 2.24) is 10.6 Å². The molecule has 1 aromatic rings. The quantitative estimate of drug-likeness (QED) is 0.890. The summed E-state index contributed by atoms with van der Waals surface area (Å²) in [4.78, 5) is 24.8. The standard InChI is InChI=1S/C16H21N3O3/c1-22-14-10-12(11-4-7-17-8-5-11)2-3-13(14)19-9-6-15(20)18-16(19)21/h2-3,10-11,17H,4-9H2,1H3,(H,18,20,21). The van der Waals surface area contributed by atoms with Crippen molar-refractivity contribution in [2.75, 3.05) is 31.6 Å². The number of methoxy groups -OCH3 is 1. The van der Waals surface area contributed by atoms with Crippen LogP contribution in [0.5, 0.6) is 5.75 Å². The van der Waals surface area contributed by atoms with Gasteiger partial charge in [-0.1, -0.05) is 6.07 Å². The average molecular weight is 303 g/mol. The lowest BCUT2D eigenvalue weighted by Crippen LogP contribution is -2.49. The van der Waals surface area contributed by atoms with E-state index in [4.69, 9.17) is 4.74 Å². The molecule has 2 N–H and O–H groups in total. The van der Waals surface area contributed by atoms with E-state index in [1.807, 2.05) is 12.1 Å². The third kappa shape index (κ3) is 2.92. The molecule has 0 radical (unpaired) electrons. The van der Waals surface area contributed by atoms with Gasteiger partial charge in [-0.2, -0.15) is 0 Å². The fourth-order valence-electron chi connectivity index (χ4n) is 3.12. The highest BCUT2D eigenvalue weighted by atomic mass is 16.5. The molecule has 1 aromatic carbocycles. The zero-order valence-electron chi connectivity index (χ0n) is 12.7. The molecule has 6 heteroatoms. The number of hydrogen-bond donors (Lipinski definition) is 2. The number of carbonyl (C=O) groups is 2. The van der Waals surface area contributed by atoms with Crippen LogP contribution < -0.4 is 20.3 Å². The van der Waals surface area contributed by atoms with Crippen molar-refractivity contribution in [1.29, 1.82) is 0 Å². The molecular formula is C16H21N3O3. The van der Waals surface area contributed by atoms with Crippen molar-refractivity contribution in [3.8, 4) is 5.75 Å². The van der Waals surface area contributed by atoms with Gasteiger partial charge >= 0.3 is 6.03 Å². The zero-order chi connectivity index (χ0) is 15.5. The van der Waals surface area contributed by atoms with Crippen LogP contribution in [0.15, 0.2) is 18.2 Å². The van der Waals surface area contributed by atoms with Crippen LogP contribution in [0.2, 0.25) is 0 Å². The second-order valence-electron chi connectivity index (χ2n) is 5.71. The molecule has 0 bridgehead atoms. The van der Waals surface area contributed by atoms with Crippen LogP contribution >= 0.6 is 0 Å². The molecule has 2 fully saturated rings. The number of piperidine rings is 1. The number of amides is 3. The number of carbonyl (C=O) groups excluding carboxylic acids is 2. The van der Waals surface area contributed by atoms with Crippen LogP contribution in [0.4, 0.5) is 10.5 Å². The van der Waals surface area contributed by atoms with E-state index in [0.717, 1.165) is 25.9 Å². The van der Waals surface area contributed by atoms with Crippen LogP contribution in [0, 0.1) is 0 Å². The summed E-state index contributed by atoms with van der Waals surface area (Å²) in [5, 5.41) is 5.70. The van der Waals surface area contributed by atoms with Gasteiger partial charge in [-0.3, -0.25) is 15.0 Å². The summed E-state index contributed by atoms with van der Waals surface area (Å²) in [7, 11) is 1.61. The highest BCUT2D eigenvalue weighted by molar-refractivity contribution is 6.06. The third-order valence-electron chi connectivity index (χ3n) is 4.36. The van der Waals surface area contributed by atoms with Crippen LogP contribution in [0.25, 0.3) is 0 Å². The molecule has 0 atom stereocenters. The first kappa shape index (κ1) is 14.8. The Kier molecular flexibility index (Phi) is 4.29. The predicted molar refractivity (Wildman–Crippen MR) is 83.3 cm³/mol. The van der Waals surface area contributed by atoms with Gasteiger partial charge in [-0.25, -0.2) is 4.79 Å². The van der Waals surface area contributed by atoms with E-state index in [1.54, 1.807) is 12.0 Å². The summed E-state index contributed by atoms with van der Waals surface area (Å²) in [5.74, 6) is 0.980. The van der Waals surface area contributed by atoms with Gasteiger partial charge in [-0.15, -0.1) is 0 Å². The number of nitrogens with one attached hydrogen (secondary N) is 2. The minimum Gasteiger partial charge on any atom is -0.495 e. The summed E-state index contributed by atoms with van der Waals surface area (Å²) < 4.78 is 5.48. The molecule has 2 aliphatic rings. The van der Waals surface area contributed by atoms with E-state index in [9.17, 15) is 9.59 Å². The lowest BCUT2D eigenvalue weighted by Gasteiger charge is -2.29. The molecule has 0 saturated carbocycles. The second kappa shape index (κ2) is 6.36. The van der Waals surface area contributed by atoms with Gasteiger partial charge in [0.05, 0.1) is 12.8 Å². The number of anilines is 1. The maximum Gasteiger partial charge on any atom is 0.328 e. The Morgan fingerprint density at radius 1 is 1.23 bits per heavy atom. The molecule has 0 unspecified atom stereocenters. The van der Waals surface area contributed by atoms with E-state index >= 15 is 0 Å². The number of hydrogen-bond acceptors (Lipinski definition) is 4. The Morgan fingerprint density at radius 3 is 2.68 bits per heavy atom. The first-order valence-corrected chi connectivity index (χ1v) is 7.69. The lowest BCUT2D eigenvalue weighted by molar-refractivity contribution is -0.120. The molecule has 2 saturated heterocycles. The number of nitrogens with zero attached hydrogens (tertiary/aromatic N) is 1. The lowest BCUT2D eigenvalue weighted by atomic mass is 9.90. The molecule has 2 aliphatic heterocycles. The van der Waals surface area contributed by atoms with Gasteiger partial charge in [0.1, 0.15) is 5.75 Å². The SMILES string of the molecule is COc1cc(C2CCNCC2)ccc1N1CCC(=O)NC1=O. The van der Waals surface area contributed by atoms with E-state index in [1.165, 1.54) is 5.56 Å². The minimum absolute atomic E-state index is 0.230. The van der Waals surface area contributed by atoms with Crippen molar-refractivity contribution in [3.63, 3.8) is 0 Å². The van der Waals surface area contributed by atoms with Gasteiger partial charge in [0, 0.05) is 13.0 Å². The Bertz CT molecular complexity index is 582. The zero-order valence-corrected chi connectivity index (χ0v) is 12.7. The third-order valence-corrected chi connectivity index (χ3v) is 4.36. The fourth-order valence-corrected chi connectivity index (χ4v) is 3.12. The minimum atomic E-state index is -0.385. The number of rotatable bonds is 3. The van der Waals surface area contributed by atoms with Crippen LogP contribution in [-0.2, 0) is 4.79 Å². The molecule has 0 aliphatic carbocycles. The van der Waals surface area contributed by atoms with E-state index in [-0.39, 0.29) is 11.9 Å². The molecular weight excluding hydrogens is 282 g/mol. The van der Waals surface area contributed by atoms with Crippen molar-refractivity contribution in [2.24, 2.45) is 0 Å². The van der Waals surface area contributed by atoms with Crippen LogP contribution in [0.1, 0.15) is 30.7 Å². The molecule has 118 valence electrons. The summed E-state index contributed by atoms with van der Waals surface area (Å²) in [6, 6.07) is 5.63. The van der Waals surface area contributed by atoms with Crippen LogP contribution in [-0.4, -0.2) is 38.7 Å². The topological polar surface area (TPSA) is 70.7 Å². The van der Waals surface area contributed by atoms with E-state index < -0.39 is 0 Å². The van der Waals surface area contributed by atoms with Crippen molar-refractivity contribution >= 4 is 17.6 Å². The van der Waals surface area contributed by atoms with Gasteiger partial charge in [0.2, 0.25) is 5.91 Å². The highest BCUT2D eigenvalue weighted by Crippen LogP contribution is 2.35. The average Bonchev–Trinajstić information content (AvgIpc) is 2.55. The van der Waals surface area contributed by atoms with Gasteiger partial charge < -0.3 is 10.1 Å². The molecule has 6 nitrogen and oxygen atoms in total. The van der Waals surface area contributed by atoms with Gasteiger partial charge in [0.15, 0.2) is 0 Å². The number of imide groups is 1. The normalized spacial score (nSPS) is 20.0. The molecule has 0 aromatic heterocycles. The van der Waals surface area contributed by atoms with Crippen molar-refractivity contribution in [2.45, 2.75) is 25.2 Å². The monoisotopic (exact) mass is 303 g/mol. The van der Waals surface area contributed by atoms with Gasteiger partial charge in [-0.05, 0) is 49.5 Å².